The van der Waals surface area contributed by atoms with Crippen LogP contribution in [0.4, 0.5) is 0 Å². The summed E-state index contributed by atoms with van der Waals surface area (Å²) in [5.41, 5.74) is -0.210. The molecule has 1 saturated heterocycles. The zero-order chi connectivity index (χ0) is 14.6. The van der Waals surface area contributed by atoms with E-state index in [0.29, 0.717) is 11.9 Å². The van der Waals surface area contributed by atoms with Crippen molar-refractivity contribution in [2.24, 2.45) is 11.8 Å². The molecule has 0 bridgehead atoms. The first kappa shape index (κ1) is 13.8. The Labute approximate surface area is 130 Å². The van der Waals surface area contributed by atoms with Crippen molar-refractivity contribution < 1.29 is 4.79 Å². The SMILES string of the molecule is CC1CC(C)CC(N2C(=O)C3(CC3)NC2c2cccs2)C1. The molecular formula is C17H24N2OS. The van der Waals surface area contributed by atoms with Gasteiger partial charge in [-0.05, 0) is 55.4 Å². The third kappa shape index (κ3) is 2.23. The molecule has 1 N–H and O–H groups in total. The second-order valence-corrected chi connectivity index (χ2v) is 8.41. The van der Waals surface area contributed by atoms with Crippen LogP contribution in [0.5, 0.6) is 0 Å². The lowest BCUT2D eigenvalue weighted by Crippen LogP contribution is -2.44. The predicted molar refractivity (Wildman–Crippen MR) is 85.0 cm³/mol. The Morgan fingerprint density at radius 2 is 1.95 bits per heavy atom. The van der Waals surface area contributed by atoms with Crippen LogP contribution >= 0.6 is 11.3 Å². The quantitative estimate of drug-likeness (QED) is 0.906. The average Bonchev–Trinajstić information content (AvgIpc) is 2.90. The lowest BCUT2D eigenvalue weighted by molar-refractivity contribution is -0.134. The van der Waals surface area contributed by atoms with Crippen LogP contribution in [0.2, 0.25) is 0 Å². The van der Waals surface area contributed by atoms with Gasteiger partial charge in [0.1, 0.15) is 11.7 Å². The number of thiophene rings is 1. The molecule has 1 aromatic rings. The van der Waals surface area contributed by atoms with Gasteiger partial charge in [-0.15, -0.1) is 11.3 Å². The van der Waals surface area contributed by atoms with Crippen LogP contribution in [0.15, 0.2) is 17.5 Å². The first-order valence-electron chi connectivity index (χ1n) is 8.23. The van der Waals surface area contributed by atoms with Crippen molar-refractivity contribution >= 4 is 17.2 Å². The van der Waals surface area contributed by atoms with Crippen molar-refractivity contribution in [3.05, 3.63) is 22.4 Å². The molecule has 1 aliphatic heterocycles. The Morgan fingerprint density at radius 3 is 2.52 bits per heavy atom. The van der Waals surface area contributed by atoms with Crippen LogP contribution in [-0.4, -0.2) is 22.4 Å². The van der Waals surface area contributed by atoms with Gasteiger partial charge in [0.25, 0.3) is 0 Å². The van der Waals surface area contributed by atoms with Gasteiger partial charge in [-0.3, -0.25) is 10.1 Å². The molecule has 21 heavy (non-hydrogen) atoms. The number of nitrogens with one attached hydrogen (secondary N) is 1. The molecule has 3 unspecified atom stereocenters. The maximum absolute atomic E-state index is 13.0. The molecule has 1 amide bonds. The normalized spacial score (nSPS) is 38.2. The Hall–Kier alpha value is -0.870. The first-order chi connectivity index (χ1) is 10.1. The molecule has 3 nitrogen and oxygen atoms in total. The van der Waals surface area contributed by atoms with Crippen molar-refractivity contribution in [2.75, 3.05) is 0 Å². The minimum Gasteiger partial charge on any atom is -0.317 e. The maximum Gasteiger partial charge on any atom is 0.244 e. The maximum atomic E-state index is 13.0. The van der Waals surface area contributed by atoms with Gasteiger partial charge in [0.15, 0.2) is 0 Å². The van der Waals surface area contributed by atoms with E-state index in [0.717, 1.165) is 37.5 Å². The van der Waals surface area contributed by atoms with E-state index in [2.05, 4.69) is 41.6 Å². The monoisotopic (exact) mass is 304 g/mol. The highest BCUT2D eigenvalue weighted by Crippen LogP contribution is 2.49. The van der Waals surface area contributed by atoms with E-state index in [1.54, 1.807) is 11.3 Å². The van der Waals surface area contributed by atoms with Gasteiger partial charge in [-0.25, -0.2) is 0 Å². The number of nitrogens with zero attached hydrogens (tertiary/aromatic N) is 1. The summed E-state index contributed by atoms with van der Waals surface area (Å²) >= 11 is 1.76. The number of rotatable bonds is 2. The zero-order valence-electron chi connectivity index (χ0n) is 12.8. The van der Waals surface area contributed by atoms with Crippen LogP contribution < -0.4 is 5.32 Å². The summed E-state index contributed by atoms with van der Waals surface area (Å²) in [6.45, 7) is 4.67. The Bertz CT molecular complexity index is 527. The Balaban J connectivity index is 1.65. The molecule has 1 spiro atoms. The summed E-state index contributed by atoms with van der Waals surface area (Å²) in [7, 11) is 0. The van der Waals surface area contributed by atoms with Crippen molar-refractivity contribution in [2.45, 2.75) is 63.7 Å². The summed E-state index contributed by atoms with van der Waals surface area (Å²) in [4.78, 5) is 16.5. The second kappa shape index (κ2) is 4.82. The van der Waals surface area contributed by atoms with Crippen LogP contribution in [-0.2, 0) is 4.79 Å². The molecule has 3 aliphatic rings. The lowest BCUT2D eigenvalue weighted by atomic mass is 9.79. The summed E-state index contributed by atoms with van der Waals surface area (Å²) in [5, 5.41) is 5.77. The third-order valence-corrected chi connectivity index (χ3v) is 6.37. The van der Waals surface area contributed by atoms with Crippen LogP contribution in [0.1, 0.15) is 57.0 Å². The van der Waals surface area contributed by atoms with E-state index in [1.807, 2.05) is 0 Å². The van der Waals surface area contributed by atoms with E-state index < -0.39 is 0 Å². The number of carbonyl (C=O) groups excluding carboxylic acids is 1. The highest BCUT2D eigenvalue weighted by molar-refractivity contribution is 7.10. The molecular weight excluding hydrogens is 280 g/mol. The fraction of sp³-hybridized carbons (Fsp3) is 0.706. The van der Waals surface area contributed by atoms with Gasteiger partial charge in [0.05, 0.1) is 0 Å². The minimum atomic E-state index is -0.210. The fourth-order valence-corrected chi connectivity index (χ4v) is 5.18. The van der Waals surface area contributed by atoms with Gasteiger partial charge in [-0.1, -0.05) is 19.9 Å². The number of hydrogen-bond donors (Lipinski definition) is 1. The second-order valence-electron chi connectivity index (χ2n) is 7.43. The fourth-order valence-electron chi connectivity index (χ4n) is 4.40. The van der Waals surface area contributed by atoms with Crippen molar-refractivity contribution in [1.29, 1.82) is 0 Å². The molecule has 1 aromatic heterocycles. The lowest BCUT2D eigenvalue weighted by Gasteiger charge is -2.39. The van der Waals surface area contributed by atoms with Gasteiger partial charge in [0.2, 0.25) is 5.91 Å². The number of carbonyl (C=O) groups is 1. The van der Waals surface area contributed by atoms with Crippen LogP contribution in [0.25, 0.3) is 0 Å². The van der Waals surface area contributed by atoms with Gasteiger partial charge in [-0.2, -0.15) is 0 Å². The van der Waals surface area contributed by atoms with E-state index >= 15 is 0 Å². The predicted octanol–water partition coefficient (Wildman–Crippen LogP) is 3.54. The molecule has 2 saturated carbocycles. The Kier molecular flexibility index (Phi) is 3.16. The third-order valence-electron chi connectivity index (χ3n) is 5.44. The smallest absolute Gasteiger partial charge is 0.244 e. The summed E-state index contributed by atoms with van der Waals surface area (Å²) in [6, 6.07) is 4.67. The summed E-state index contributed by atoms with van der Waals surface area (Å²) in [6.07, 6.45) is 5.78. The molecule has 4 heteroatoms. The molecule has 3 fully saturated rings. The molecule has 2 heterocycles. The van der Waals surface area contributed by atoms with E-state index in [1.165, 1.54) is 11.3 Å². The molecule has 2 aliphatic carbocycles. The Morgan fingerprint density at radius 1 is 1.24 bits per heavy atom. The molecule has 3 atom stereocenters. The minimum absolute atomic E-state index is 0.113. The van der Waals surface area contributed by atoms with Crippen molar-refractivity contribution in [1.82, 2.24) is 10.2 Å². The summed E-state index contributed by atoms with van der Waals surface area (Å²) < 4.78 is 0. The van der Waals surface area contributed by atoms with Gasteiger partial charge in [0, 0.05) is 10.9 Å². The number of amides is 1. The highest BCUT2D eigenvalue weighted by Gasteiger charge is 2.60. The number of hydrogen-bond acceptors (Lipinski definition) is 3. The van der Waals surface area contributed by atoms with Crippen molar-refractivity contribution in [3.8, 4) is 0 Å². The van der Waals surface area contributed by atoms with Gasteiger partial charge >= 0.3 is 0 Å². The molecule has 0 aromatic carbocycles. The van der Waals surface area contributed by atoms with E-state index in [-0.39, 0.29) is 11.7 Å². The van der Waals surface area contributed by atoms with Gasteiger partial charge < -0.3 is 4.90 Å². The summed E-state index contributed by atoms with van der Waals surface area (Å²) in [5.74, 6) is 1.82. The standard InChI is InChI=1S/C17H24N2OS/c1-11-8-12(2)10-13(9-11)19-15(14-4-3-7-21-14)18-17(5-6-17)16(19)20/h3-4,7,11-13,15,18H,5-6,8-10H2,1-2H3. The molecule has 4 rings (SSSR count). The highest BCUT2D eigenvalue weighted by atomic mass is 32.1. The van der Waals surface area contributed by atoms with E-state index in [4.69, 9.17) is 0 Å². The van der Waals surface area contributed by atoms with Crippen molar-refractivity contribution in [3.63, 3.8) is 0 Å². The first-order valence-corrected chi connectivity index (χ1v) is 9.11. The van der Waals surface area contributed by atoms with Crippen LogP contribution in [0.3, 0.4) is 0 Å². The molecule has 114 valence electrons. The van der Waals surface area contributed by atoms with Crippen LogP contribution in [0, 0.1) is 11.8 Å². The van der Waals surface area contributed by atoms with E-state index in [9.17, 15) is 4.79 Å². The zero-order valence-corrected chi connectivity index (χ0v) is 13.7. The average molecular weight is 304 g/mol. The largest absolute Gasteiger partial charge is 0.317 e. The molecule has 0 radical (unpaired) electrons. The topological polar surface area (TPSA) is 32.3 Å².